The van der Waals surface area contributed by atoms with E-state index < -0.39 is 6.04 Å². The van der Waals surface area contributed by atoms with Crippen LogP contribution in [0.5, 0.6) is 0 Å². The van der Waals surface area contributed by atoms with Crippen LogP contribution < -0.4 is 10.9 Å². The summed E-state index contributed by atoms with van der Waals surface area (Å²) >= 11 is 0. The second kappa shape index (κ2) is 7.77. The number of nitrogens with one attached hydrogen (secondary N) is 1. The Hall–Kier alpha value is -4.26. The zero-order valence-corrected chi connectivity index (χ0v) is 17.7. The molecule has 3 aromatic carbocycles. The fourth-order valence-electron chi connectivity index (χ4n) is 4.03. The first-order valence-electron chi connectivity index (χ1n) is 10.3. The smallest absolute Gasteiger partial charge is 0.274 e. The number of aryl methyl sites for hydroxylation is 2. The van der Waals surface area contributed by atoms with Crippen LogP contribution in [0.3, 0.4) is 0 Å². The number of imidazole rings is 1. The van der Waals surface area contributed by atoms with Crippen molar-refractivity contribution in [2.24, 2.45) is 14.1 Å². The third-order valence-corrected chi connectivity index (χ3v) is 5.66. The van der Waals surface area contributed by atoms with Gasteiger partial charge in [0.2, 0.25) is 0 Å². The monoisotopic (exact) mass is 423 g/mol. The average Bonchev–Trinajstić information content (AvgIpc) is 3.16. The number of fused-ring (bicyclic) bond motifs is 2. The van der Waals surface area contributed by atoms with Crippen LogP contribution in [0, 0.1) is 0 Å². The highest BCUT2D eigenvalue weighted by molar-refractivity contribution is 6.05. The Kier molecular flexibility index (Phi) is 4.78. The Bertz CT molecular complexity index is 1520. The van der Waals surface area contributed by atoms with E-state index in [1.54, 1.807) is 31.3 Å². The third kappa shape index (κ3) is 3.24. The molecule has 0 saturated carbocycles. The van der Waals surface area contributed by atoms with Crippen LogP contribution in [0.25, 0.3) is 21.8 Å². The first-order valence-corrected chi connectivity index (χ1v) is 10.3. The van der Waals surface area contributed by atoms with Crippen LogP contribution in [-0.2, 0) is 14.1 Å². The van der Waals surface area contributed by atoms with Gasteiger partial charge in [0.05, 0.1) is 16.4 Å². The predicted molar refractivity (Wildman–Crippen MR) is 123 cm³/mol. The van der Waals surface area contributed by atoms with E-state index in [-0.39, 0.29) is 17.2 Å². The highest BCUT2D eigenvalue weighted by atomic mass is 16.2. The Morgan fingerprint density at radius 2 is 1.53 bits per heavy atom. The Labute approximate surface area is 183 Å². The number of carbonyl (C=O) groups is 1. The summed E-state index contributed by atoms with van der Waals surface area (Å²) < 4.78 is 3.18. The van der Waals surface area contributed by atoms with E-state index in [0.29, 0.717) is 16.6 Å². The van der Waals surface area contributed by atoms with E-state index in [1.807, 2.05) is 66.2 Å². The van der Waals surface area contributed by atoms with Crippen LogP contribution in [0.1, 0.15) is 27.9 Å². The molecule has 7 nitrogen and oxygen atoms in total. The summed E-state index contributed by atoms with van der Waals surface area (Å²) in [5, 5.41) is 8.35. The summed E-state index contributed by atoms with van der Waals surface area (Å²) in [4.78, 5) is 30.7. The second-order valence-corrected chi connectivity index (χ2v) is 7.66. The molecule has 5 rings (SSSR count). The van der Waals surface area contributed by atoms with Crippen molar-refractivity contribution in [3.63, 3.8) is 0 Å². The van der Waals surface area contributed by atoms with Crippen molar-refractivity contribution >= 4 is 27.7 Å². The molecular weight excluding hydrogens is 402 g/mol. The van der Waals surface area contributed by atoms with Gasteiger partial charge in [-0.25, -0.2) is 9.67 Å². The maximum atomic E-state index is 13.5. The van der Waals surface area contributed by atoms with Gasteiger partial charge in [-0.1, -0.05) is 60.7 Å². The van der Waals surface area contributed by atoms with Gasteiger partial charge in [0.1, 0.15) is 11.9 Å². The second-order valence-electron chi connectivity index (χ2n) is 7.66. The van der Waals surface area contributed by atoms with Crippen LogP contribution in [-0.4, -0.2) is 25.2 Å². The lowest BCUT2D eigenvalue weighted by Crippen LogP contribution is -2.34. The molecule has 2 aromatic heterocycles. The number of aromatic nitrogens is 4. The summed E-state index contributed by atoms with van der Waals surface area (Å²) in [6.07, 6.45) is 0. The summed E-state index contributed by atoms with van der Waals surface area (Å²) in [5.41, 5.74) is 2.68. The van der Waals surface area contributed by atoms with Crippen molar-refractivity contribution in [2.45, 2.75) is 6.04 Å². The van der Waals surface area contributed by atoms with E-state index in [9.17, 15) is 9.59 Å². The molecule has 0 saturated heterocycles. The van der Waals surface area contributed by atoms with Crippen LogP contribution in [0.2, 0.25) is 0 Å². The highest BCUT2D eigenvalue weighted by Crippen LogP contribution is 2.26. The normalized spacial score (nSPS) is 12.2. The van der Waals surface area contributed by atoms with Gasteiger partial charge in [-0.05, 0) is 23.8 Å². The lowest BCUT2D eigenvalue weighted by molar-refractivity contribution is 0.0936. The molecule has 2 heterocycles. The number of nitrogens with zero attached hydrogens (tertiary/aromatic N) is 4. The molecule has 0 bridgehead atoms. The van der Waals surface area contributed by atoms with Gasteiger partial charge in [0, 0.05) is 19.5 Å². The number of para-hydroxylation sites is 2. The van der Waals surface area contributed by atoms with Crippen LogP contribution in [0.15, 0.2) is 83.7 Å². The Morgan fingerprint density at radius 3 is 2.28 bits per heavy atom. The van der Waals surface area contributed by atoms with Gasteiger partial charge in [0.25, 0.3) is 11.5 Å². The van der Waals surface area contributed by atoms with Crippen molar-refractivity contribution < 1.29 is 4.79 Å². The van der Waals surface area contributed by atoms with E-state index in [1.165, 1.54) is 4.68 Å². The number of rotatable bonds is 4. The summed E-state index contributed by atoms with van der Waals surface area (Å²) in [6.45, 7) is 0. The Balaban J connectivity index is 1.64. The molecule has 0 aliphatic carbocycles. The van der Waals surface area contributed by atoms with Gasteiger partial charge in [-0.15, -0.1) is 0 Å². The van der Waals surface area contributed by atoms with Crippen LogP contribution in [0.4, 0.5) is 0 Å². The minimum absolute atomic E-state index is 0.197. The molecule has 158 valence electrons. The SMILES string of the molecule is Cn1nc(C(=O)NC(c2ccccc2)c2nc3ccccc3n2C)c2ccccc2c1=O. The van der Waals surface area contributed by atoms with Crippen molar-refractivity contribution in [3.05, 3.63) is 106 Å². The molecule has 1 unspecified atom stereocenters. The quantitative estimate of drug-likeness (QED) is 0.481. The minimum Gasteiger partial charge on any atom is -0.337 e. The number of hydrogen-bond acceptors (Lipinski definition) is 4. The van der Waals surface area contributed by atoms with E-state index in [2.05, 4.69) is 10.4 Å². The summed E-state index contributed by atoms with van der Waals surface area (Å²) in [7, 11) is 3.48. The zero-order chi connectivity index (χ0) is 22.2. The Morgan fingerprint density at radius 1 is 0.875 bits per heavy atom. The van der Waals surface area contributed by atoms with Gasteiger partial charge >= 0.3 is 0 Å². The van der Waals surface area contributed by atoms with Gasteiger partial charge < -0.3 is 9.88 Å². The molecule has 0 radical (unpaired) electrons. The number of amides is 1. The summed E-state index contributed by atoms with van der Waals surface area (Å²) in [6, 6.07) is 24.1. The molecular formula is C25H21N5O2. The molecule has 0 spiro atoms. The summed E-state index contributed by atoms with van der Waals surface area (Å²) in [5.74, 6) is 0.331. The van der Waals surface area contributed by atoms with Crippen molar-refractivity contribution in [2.75, 3.05) is 0 Å². The van der Waals surface area contributed by atoms with Crippen LogP contribution >= 0.6 is 0 Å². The largest absolute Gasteiger partial charge is 0.337 e. The fourth-order valence-corrected chi connectivity index (χ4v) is 4.03. The molecule has 1 amide bonds. The molecule has 0 aliphatic rings. The van der Waals surface area contributed by atoms with E-state index in [4.69, 9.17) is 4.98 Å². The number of carbonyl (C=O) groups excluding carboxylic acids is 1. The van der Waals surface area contributed by atoms with E-state index in [0.717, 1.165) is 16.6 Å². The molecule has 0 fully saturated rings. The van der Waals surface area contributed by atoms with Crippen molar-refractivity contribution in [1.82, 2.24) is 24.6 Å². The van der Waals surface area contributed by atoms with E-state index >= 15 is 0 Å². The first-order chi connectivity index (χ1) is 15.5. The third-order valence-electron chi connectivity index (χ3n) is 5.66. The zero-order valence-electron chi connectivity index (χ0n) is 17.7. The molecule has 5 aromatic rings. The lowest BCUT2D eigenvalue weighted by atomic mass is 10.1. The minimum atomic E-state index is -0.501. The fraction of sp³-hybridized carbons (Fsp3) is 0.120. The average molecular weight is 423 g/mol. The molecule has 1 atom stereocenters. The number of hydrogen-bond donors (Lipinski definition) is 1. The predicted octanol–water partition coefficient (Wildman–Crippen LogP) is 3.34. The molecule has 7 heteroatoms. The highest BCUT2D eigenvalue weighted by Gasteiger charge is 2.25. The maximum absolute atomic E-state index is 13.5. The molecule has 1 N–H and O–H groups in total. The topological polar surface area (TPSA) is 81.8 Å². The maximum Gasteiger partial charge on any atom is 0.274 e. The molecule has 32 heavy (non-hydrogen) atoms. The van der Waals surface area contributed by atoms with Gasteiger partial charge in [-0.3, -0.25) is 9.59 Å². The standard InChI is InChI=1S/C25H21N5O2/c1-29-20-15-9-8-14-19(20)26-23(29)21(16-10-4-3-5-11-16)27-24(31)22-17-12-6-7-13-18(17)25(32)30(2)28-22/h3-15,21H,1-2H3,(H,27,31). The van der Waals surface area contributed by atoms with Gasteiger partial charge in [0.15, 0.2) is 5.69 Å². The van der Waals surface area contributed by atoms with Gasteiger partial charge in [-0.2, -0.15) is 5.10 Å². The lowest BCUT2D eigenvalue weighted by Gasteiger charge is -2.19. The van der Waals surface area contributed by atoms with Crippen molar-refractivity contribution in [1.29, 1.82) is 0 Å². The molecule has 0 aliphatic heterocycles. The first kappa shape index (κ1) is 19.7. The van der Waals surface area contributed by atoms with Crippen molar-refractivity contribution in [3.8, 4) is 0 Å². The number of benzene rings is 3.